The summed E-state index contributed by atoms with van der Waals surface area (Å²) < 4.78 is 49.7. The normalized spacial score (nSPS) is 18.0. The van der Waals surface area contributed by atoms with E-state index in [1.807, 2.05) is 31.2 Å². The van der Waals surface area contributed by atoms with Gasteiger partial charge in [0, 0.05) is 11.6 Å². The van der Waals surface area contributed by atoms with Crippen LogP contribution in [-0.2, 0) is 6.42 Å². The average molecular weight is 465 g/mol. The maximum Gasteiger partial charge on any atom is 0.166 e. The van der Waals surface area contributed by atoms with Crippen molar-refractivity contribution < 1.29 is 17.9 Å². The number of rotatable bonds is 8. The van der Waals surface area contributed by atoms with E-state index in [2.05, 4.69) is 6.58 Å². The highest BCUT2D eigenvalue weighted by Crippen LogP contribution is 2.40. The van der Waals surface area contributed by atoms with Gasteiger partial charge < -0.3 is 4.74 Å². The molecule has 0 aliphatic heterocycles. The summed E-state index contributed by atoms with van der Waals surface area (Å²) in [4.78, 5) is 0. The molecule has 1 aliphatic rings. The minimum absolute atomic E-state index is 0.0239. The lowest BCUT2D eigenvalue weighted by atomic mass is 9.76. The fraction of sp³-hybridized carbons (Fsp3) is 0.333. The number of ether oxygens (including phenoxy) is 1. The molecule has 3 aromatic carbocycles. The van der Waals surface area contributed by atoms with E-state index in [1.54, 1.807) is 30.3 Å². The molecule has 0 N–H and O–H groups in total. The minimum atomic E-state index is -0.764. The van der Waals surface area contributed by atoms with Crippen LogP contribution in [0.1, 0.15) is 54.7 Å². The van der Waals surface area contributed by atoms with Crippen molar-refractivity contribution >= 4 is 0 Å². The number of aryl methyl sites for hydroxylation is 2. The van der Waals surface area contributed by atoms with Gasteiger partial charge in [-0.05, 0) is 80.0 Å². The Hall–Kier alpha value is -3.01. The van der Waals surface area contributed by atoms with Crippen molar-refractivity contribution in [2.75, 3.05) is 6.61 Å². The Bertz CT molecular complexity index is 1130. The fourth-order valence-electron chi connectivity index (χ4n) is 4.93. The standard InChI is InChI=1S/C30H31F3O/c1-3-18-34-25-15-14-24(28(31)19-25)13-8-21-6-11-23(12-7-21)27-17-16-26(29(32)30(27)33)22-9-4-20(2)5-10-22/h3-5,9-10,14-17,19,21,23H,1,6-8,11-13,18H2,2H3. The van der Waals surface area contributed by atoms with Gasteiger partial charge in [0.2, 0.25) is 0 Å². The highest BCUT2D eigenvalue weighted by atomic mass is 19.2. The highest BCUT2D eigenvalue weighted by molar-refractivity contribution is 5.65. The van der Waals surface area contributed by atoms with E-state index in [0.29, 0.717) is 46.9 Å². The summed E-state index contributed by atoms with van der Waals surface area (Å²) in [5, 5.41) is 0. The molecule has 0 spiro atoms. The second kappa shape index (κ2) is 10.9. The van der Waals surface area contributed by atoms with Gasteiger partial charge in [-0.2, -0.15) is 0 Å². The average Bonchev–Trinajstić information content (AvgIpc) is 2.85. The van der Waals surface area contributed by atoms with Crippen LogP contribution in [0, 0.1) is 30.3 Å². The molecule has 1 saturated carbocycles. The Morgan fingerprint density at radius 2 is 1.65 bits per heavy atom. The molecule has 0 saturated heterocycles. The zero-order valence-corrected chi connectivity index (χ0v) is 19.6. The molecule has 0 bridgehead atoms. The molecule has 0 amide bonds. The predicted molar refractivity (Wildman–Crippen MR) is 132 cm³/mol. The second-order valence-corrected chi connectivity index (χ2v) is 9.31. The van der Waals surface area contributed by atoms with Crippen LogP contribution < -0.4 is 4.74 Å². The Morgan fingerprint density at radius 3 is 2.32 bits per heavy atom. The smallest absolute Gasteiger partial charge is 0.166 e. The number of hydrogen-bond donors (Lipinski definition) is 0. The number of hydrogen-bond acceptors (Lipinski definition) is 1. The molecule has 1 nitrogen and oxygen atoms in total. The van der Waals surface area contributed by atoms with Crippen LogP contribution in [-0.4, -0.2) is 6.61 Å². The van der Waals surface area contributed by atoms with E-state index in [9.17, 15) is 8.78 Å². The van der Waals surface area contributed by atoms with Crippen molar-refractivity contribution in [1.82, 2.24) is 0 Å². The number of halogens is 3. The van der Waals surface area contributed by atoms with Crippen LogP contribution >= 0.6 is 0 Å². The molecule has 0 heterocycles. The zero-order valence-electron chi connectivity index (χ0n) is 19.6. The van der Waals surface area contributed by atoms with E-state index in [-0.39, 0.29) is 11.7 Å². The van der Waals surface area contributed by atoms with Gasteiger partial charge in [0.05, 0.1) is 0 Å². The lowest BCUT2D eigenvalue weighted by molar-refractivity contribution is 0.304. The summed E-state index contributed by atoms with van der Waals surface area (Å²) in [6, 6.07) is 15.9. The first-order valence-corrected chi connectivity index (χ1v) is 12.0. The van der Waals surface area contributed by atoms with Crippen LogP contribution in [0.3, 0.4) is 0 Å². The summed E-state index contributed by atoms with van der Waals surface area (Å²) in [6.07, 6.45) is 6.70. The van der Waals surface area contributed by atoms with Crippen LogP contribution in [0.25, 0.3) is 11.1 Å². The van der Waals surface area contributed by atoms with Gasteiger partial charge in [-0.15, -0.1) is 0 Å². The summed E-state index contributed by atoms with van der Waals surface area (Å²) in [5.41, 5.74) is 3.24. The predicted octanol–water partition coefficient (Wildman–Crippen LogP) is 8.55. The molecule has 1 fully saturated rings. The summed E-state index contributed by atoms with van der Waals surface area (Å²) in [5.74, 6) is -0.740. The molecular formula is C30H31F3O. The SMILES string of the molecule is C=CCOc1ccc(CCC2CCC(c3ccc(-c4ccc(C)cc4)c(F)c3F)CC2)c(F)c1. The van der Waals surface area contributed by atoms with E-state index >= 15 is 4.39 Å². The van der Waals surface area contributed by atoms with Crippen molar-refractivity contribution in [3.8, 4) is 16.9 Å². The molecule has 0 aromatic heterocycles. The van der Waals surface area contributed by atoms with E-state index in [1.165, 1.54) is 6.07 Å². The first-order chi connectivity index (χ1) is 16.5. The third-order valence-corrected chi connectivity index (χ3v) is 6.98. The second-order valence-electron chi connectivity index (χ2n) is 9.31. The molecule has 0 unspecified atom stereocenters. The lowest BCUT2D eigenvalue weighted by Gasteiger charge is -2.29. The molecule has 178 valence electrons. The Labute approximate surface area is 200 Å². The summed E-state index contributed by atoms with van der Waals surface area (Å²) in [7, 11) is 0. The molecular weight excluding hydrogens is 433 g/mol. The number of benzene rings is 3. The van der Waals surface area contributed by atoms with Gasteiger partial charge in [0.25, 0.3) is 0 Å². The lowest BCUT2D eigenvalue weighted by Crippen LogP contribution is -2.15. The van der Waals surface area contributed by atoms with Crippen LogP contribution in [0.4, 0.5) is 13.2 Å². The van der Waals surface area contributed by atoms with Crippen molar-refractivity contribution in [3.05, 3.63) is 101 Å². The first kappa shape index (κ1) is 24.1. The van der Waals surface area contributed by atoms with Gasteiger partial charge in [-0.3, -0.25) is 0 Å². The van der Waals surface area contributed by atoms with Crippen molar-refractivity contribution in [3.63, 3.8) is 0 Å². The molecule has 4 rings (SSSR count). The fourth-order valence-corrected chi connectivity index (χ4v) is 4.93. The van der Waals surface area contributed by atoms with Crippen LogP contribution in [0.5, 0.6) is 5.75 Å². The molecule has 4 heteroatoms. The van der Waals surface area contributed by atoms with Gasteiger partial charge in [0.1, 0.15) is 18.2 Å². The monoisotopic (exact) mass is 464 g/mol. The molecule has 0 radical (unpaired) electrons. The molecule has 0 atom stereocenters. The quantitative estimate of drug-likeness (QED) is 0.304. The molecule has 34 heavy (non-hydrogen) atoms. The first-order valence-electron chi connectivity index (χ1n) is 12.0. The maximum atomic E-state index is 15.0. The summed E-state index contributed by atoms with van der Waals surface area (Å²) in [6.45, 7) is 5.90. The van der Waals surface area contributed by atoms with Crippen LogP contribution in [0.2, 0.25) is 0 Å². The minimum Gasteiger partial charge on any atom is -0.489 e. The largest absolute Gasteiger partial charge is 0.489 e. The van der Waals surface area contributed by atoms with Gasteiger partial charge in [-0.1, -0.05) is 60.7 Å². The summed E-state index contributed by atoms with van der Waals surface area (Å²) >= 11 is 0. The van der Waals surface area contributed by atoms with E-state index in [0.717, 1.165) is 37.7 Å². The Balaban J connectivity index is 1.34. The van der Waals surface area contributed by atoms with Gasteiger partial charge in [0.15, 0.2) is 11.6 Å². The topological polar surface area (TPSA) is 9.23 Å². The van der Waals surface area contributed by atoms with Crippen molar-refractivity contribution in [1.29, 1.82) is 0 Å². The van der Waals surface area contributed by atoms with Gasteiger partial charge in [-0.25, -0.2) is 13.2 Å². The maximum absolute atomic E-state index is 15.0. The Kier molecular flexibility index (Phi) is 7.77. The van der Waals surface area contributed by atoms with Crippen molar-refractivity contribution in [2.45, 2.75) is 51.4 Å². The van der Waals surface area contributed by atoms with Crippen LogP contribution in [0.15, 0.2) is 67.3 Å². The Morgan fingerprint density at radius 1 is 0.912 bits per heavy atom. The van der Waals surface area contributed by atoms with Crippen molar-refractivity contribution in [2.24, 2.45) is 5.92 Å². The zero-order chi connectivity index (χ0) is 24.1. The molecule has 1 aliphatic carbocycles. The third-order valence-electron chi connectivity index (χ3n) is 6.98. The third kappa shape index (κ3) is 5.55. The van der Waals surface area contributed by atoms with Gasteiger partial charge >= 0.3 is 0 Å². The highest BCUT2D eigenvalue weighted by Gasteiger charge is 2.26. The molecule has 3 aromatic rings. The van der Waals surface area contributed by atoms with E-state index < -0.39 is 11.6 Å². The van der Waals surface area contributed by atoms with E-state index in [4.69, 9.17) is 4.74 Å².